The molecule has 1 atom stereocenters. The fourth-order valence-corrected chi connectivity index (χ4v) is 2.44. The zero-order valence-corrected chi connectivity index (χ0v) is 8.76. The lowest BCUT2D eigenvalue weighted by Gasteiger charge is -2.19. The van der Waals surface area contributed by atoms with E-state index in [-0.39, 0.29) is 5.54 Å². The van der Waals surface area contributed by atoms with Crippen LogP contribution in [0.15, 0.2) is 0 Å². The highest BCUT2D eigenvalue weighted by atomic mass is 15.1. The van der Waals surface area contributed by atoms with Gasteiger partial charge in [-0.15, -0.1) is 0 Å². The summed E-state index contributed by atoms with van der Waals surface area (Å²) in [4.78, 5) is 2.51. The van der Waals surface area contributed by atoms with Crippen molar-refractivity contribution < 1.29 is 0 Å². The van der Waals surface area contributed by atoms with Gasteiger partial charge in [0.1, 0.15) is 0 Å². The molecule has 2 aliphatic rings. The second-order valence-corrected chi connectivity index (χ2v) is 5.03. The minimum absolute atomic E-state index is 0.275. The van der Waals surface area contributed by atoms with Crippen LogP contribution in [0.25, 0.3) is 0 Å². The fraction of sp³-hybridized carbons (Fsp3) is 1.00. The summed E-state index contributed by atoms with van der Waals surface area (Å²) in [5.74, 6) is 0. The van der Waals surface area contributed by atoms with Crippen LogP contribution in [0.5, 0.6) is 0 Å². The van der Waals surface area contributed by atoms with Crippen molar-refractivity contribution in [2.24, 2.45) is 5.73 Å². The lowest BCUT2D eigenvalue weighted by atomic mass is 10.0. The molecule has 0 aromatic heterocycles. The molecule has 0 amide bonds. The van der Waals surface area contributed by atoms with Crippen LogP contribution in [-0.2, 0) is 0 Å². The van der Waals surface area contributed by atoms with Crippen molar-refractivity contribution in [3.63, 3.8) is 0 Å². The molecule has 2 fully saturated rings. The van der Waals surface area contributed by atoms with Crippen molar-refractivity contribution >= 4 is 0 Å². The average Bonchev–Trinajstić information content (AvgIpc) is 2.68. The van der Waals surface area contributed by atoms with Crippen molar-refractivity contribution in [2.45, 2.75) is 56.5 Å². The molecule has 0 spiro atoms. The van der Waals surface area contributed by atoms with Gasteiger partial charge in [-0.25, -0.2) is 0 Å². The van der Waals surface area contributed by atoms with Crippen LogP contribution >= 0.6 is 0 Å². The number of rotatable bonds is 4. The first-order valence-corrected chi connectivity index (χ1v) is 5.69. The molecule has 2 heteroatoms. The predicted octanol–water partition coefficient (Wildman–Crippen LogP) is 1.74. The molecule has 0 radical (unpaired) electrons. The minimum atomic E-state index is 0.275. The van der Waals surface area contributed by atoms with Gasteiger partial charge in [0.25, 0.3) is 0 Å². The van der Waals surface area contributed by atoms with Crippen LogP contribution in [0.2, 0.25) is 0 Å². The largest absolute Gasteiger partial charge is 0.325 e. The molecule has 76 valence electrons. The molecule has 0 bridgehead atoms. The summed E-state index contributed by atoms with van der Waals surface area (Å²) >= 11 is 0. The van der Waals surface area contributed by atoms with Crippen molar-refractivity contribution in [3.8, 4) is 0 Å². The van der Waals surface area contributed by atoms with Gasteiger partial charge in [-0.3, -0.25) is 0 Å². The first kappa shape index (κ1) is 9.47. The third-order valence-corrected chi connectivity index (χ3v) is 3.78. The number of nitrogens with two attached hydrogens (primary N) is 1. The maximum atomic E-state index is 6.05. The molecule has 1 aliphatic carbocycles. The van der Waals surface area contributed by atoms with Gasteiger partial charge in [-0.05, 0) is 52.1 Å². The van der Waals surface area contributed by atoms with Crippen LogP contribution in [-0.4, -0.2) is 30.1 Å². The molecule has 1 unspecified atom stereocenters. The van der Waals surface area contributed by atoms with E-state index in [0.29, 0.717) is 0 Å². The Morgan fingerprint density at radius 3 is 2.77 bits per heavy atom. The standard InChI is InChI=1S/C11H22N2/c1-13-9-3-5-10(13)4-2-6-11(12)7-8-11/h10H,2-9,12H2,1H3. The Morgan fingerprint density at radius 2 is 2.23 bits per heavy atom. The molecule has 0 aromatic rings. The SMILES string of the molecule is CN1CCCC1CCCC1(N)CC1. The summed E-state index contributed by atoms with van der Waals surface area (Å²) in [5, 5.41) is 0. The first-order valence-electron chi connectivity index (χ1n) is 5.69. The highest BCUT2D eigenvalue weighted by Gasteiger charge is 2.37. The minimum Gasteiger partial charge on any atom is -0.325 e. The zero-order valence-electron chi connectivity index (χ0n) is 8.76. The first-order chi connectivity index (χ1) is 6.20. The van der Waals surface area contributed by atoms with Crippen molar-refractivity contribution in [1.29, 1.82) is 0 Å². The number of hydrogen-bond acceptors (Lipinski definition) is 2. The summed E-state index contributed by atoms with van der Waals surface area (Å²) in [6.45, 7) is 1.30. The summed E-state index contributed by atoms with van der Waals surface area (Å²) < 4.78 is 0. The van der Waals surface area contributed by atoms with Gasteiger partial charge in [0.15, 0.2) is 0 Å². The third kappa shape index (κ3) is 2.44. The molecule has 1 aliphatic heterocycles. The Labute approximate surface area is 81.5 Å². The van der Waals surface area contributed by atoms with Crippen molar-refractivity contribution in [1.82, 2.24) is 4.90 Å². The van der Waals surface area contributed by atoms with Crippen molar-refractivity contribution in [3.05, 3.63) is 0 Å². The smallest absolute Gasteiger partial charge is 0.0155 e. The Hall–Kier alpha value is -0.0800. The van der Waals surface area contributed by atoms with Crippen LogP contribution in [0.4, 0.5) is 0 Å². The number of likely N-dealkylation sites (tertiary alicyclic amines) is 1. The van der Waals surface area contributed by atoms with Crippen LogP contribution < -0.4 is 5.73 Å². The van der Waals surface area contributed by atoms with E-state index in [1.54, 1.807) is 0 Å². The Balaban J connectivity index is 1.62. The fourth-order valence-electron chi connectivity index (χ4n) is 2.44. The van der Waals surface area contributed by atoms with Gasteiger partial charge in [0.05, 0.1) is 0 Å². The van der Waals surface area contributed by atoms with E-state index in [1.165, 1.54) is 51.5 Å². The van der Waals surface area contributed by atoms with Gasteiger partial charge in [0, 0.05) is 11.6 Å². The average molecular weight is 182 g/mol. The van der Waals surface area contributed by atoms with Gasteiger partial charge < -0.3 is 10.6 Å². The van der Waals surface area contributed by atoms with Crippen molar-refractivity contribution in [2.75, 3.05) is 13.6 Å². The van der Waals surface area contributed by atoms with E-state index < -0.39 is 0 Å². The molecule has 2 N–H and O–H groups in total. The van der Waals surface area contributed by atoms with E-state index in [0.717, 1.165) is 6.04 Å². The monoisotopic (exact) mass is 182 g/mol. The number of nitrogens with zero attached hydrogens (tertiary/aromatic N) is 1. The quantitative estimate of drug-likeness (QED) is 0.717. The maximum Gasteiger partial charge on any atom is 0.0155 e. The zero-order chi connectivity index (χ0) is 9.31. The van der Waals surface area contributed by atoms with Gasteiger partial charge >= 0.3 is 0 Å². The Kier molecular flexibility index (Phi) is 2.61. The normalized spacial score (nSPS) is 32.3. The second kappa shape index (κ2) is 3.58. The molecule has 13 heavy (non-hydrogen) atoms. The summed E-state index contributed by atoms with van der Waals surface area (Å²) in [6.07, 6.45) is 9.32. The van der Waals surface area contributed by atoms with Gasteiger partial charge in [-0.2, -0.15) is 0 Å². The lowest BCUT2D eigenvalue weighted by molar-refractivity contribution is 0.287. The van der Waals surface area contributed by atoms with Crippen LogP contribution in [0.3, 0.4) is 0 Å². The van der Waals surface area contributed by atoms with Crippen LogP contribution in [0, 0.1) is 0 Å². The molecular weight excluding hydrogens is 160 g/mol. The van der Waals surface area contributed by atoms with Crippen LogP contribution in [0.1, 0.15) is 44.9 Å². The maximum absolute atomic E-state index is 6.05. The van der Waals surface area contributed by atoms with E-state index in [1.807, 2.05) is 0 Å². The third-order valence-electron chi connectivity index (χ3n) is 3.78. The topological polar surface area (TPSA) is 29.3 Å². The molecule has 1 saturated carbocycles. The van der Waals surface area contributed by atoms with Gasteiger partial charge in [0.2, 0.25) is 0 Å². The van der Waals surface area contributed by atoms with Gasteiger partial charge in [-0.1, -0.05) is 6.42 Å². The molecule has 1 saturated heterocycles. The highest BCUT2D eigenvalue weighted by molar-refractivity contribution is 4.98. The Bertz CT molecular complexity index is 175. The molecule has 0 aromatic carbocycles. The highest BCUT2D eigenvalue weighted by Crippen LogP contribution is 2.37. The Morgan fingerprint density at radius 1 is 1.46 bits per heavy atom. The molecule has 2 rings (SSSR count). The lowest BCUT2D eigenvalue weighted by Crippen LogP contribution is -2.26. The molecular formula is C11H22N2. The summed E-state index contributed by atoms with van der Waals surface area (Å²) in [6, 6.07) is 0.863. The van der Waals surface area contributed by atoms with E-state index in [9.17, 15) is 0 Å². The summed E-state index contributed by atoms with van der Waals surface area (Å²) in [7, 11) is 2.26. The predicted molar refractivity (Wildman–Crippen MR) is 55.7 cm³/mol. The molecule has 1 heterocycles. The summed E-state index contributed by atoms with van der Waals surface area (Å²) in [5.41, 5.74) is 6.33. The van der Waals surface area contributed by atoms with E-state index in [4.69, 9.17) is 5.73 Å². The molecule has 2 nitrogen and oxygen atoms in total. The van der Waals surface area contributed by atoms with E-state index >= 15 is 0 Å². The second-order valence-electron chi connectivity index (χ2n) is 5.03. The number of hydrogen-bond donors (Lipinski definition) is 1. The van der Waals surface area contributed by atoms with E-state index in [2.05, 4.69) is 11.9 Å².